The van der Waals surface area contributed by atoms with Crippen molar-refractivity contribution < 1.29 is 18.6 Å². The van der Waals surface area contributed by atoms with Gasteiger partial charge in [0.1, 0.15) is 12.4 Å². The summed E-state index contributed by atoms with van der Waals surface area (Å²) < 4.78 is 30.6. The minimum atomic E-state index is -0.383. The van der Waals surface area contributed by atoms with E-state index >= 15 is 0 Å². The van der Waals surface area contributed by atoms with Gasteiger partial charge >= 0.3 is 0 Å². The average molecular weight is 380 g/mol. The Morgan fingerprint density at radius 2 is 2.15 bits per heavy atom. The molecule has 1 saturated heterocycles. The summed E-state index contributed by atoms with van der Waals surface area (Å²) in [6.07, 6.45) is 2.56. The highest BCUT2D eigenvalue weighted by atomic mass is 35.5. The molecule has 3 rings (SSSR count). The zero-order chi connectivity index (χ0) is 18.4. The van der Waals surface area contributed by atoms with Gasteiger partial charge in [-0.25, -0.2) is 4.39 Å². The fourth-order valence-electron chi connectivity index (χ4n) is 2.94. The molecule has 0 spiro atoms. The molecule has 1 fully saturated rings. The van der Waals surface area contributed by atoms with E-state index in [1.54, 1.807) is 19.2 Å². The third kappa shape index (κ3) is 4.87. The molecule has 6 heteroatoms. The Bertz CT molecular complexity index is 715. The van der Waals surface area contributed by atoms with E-state index in [-0.39, 0.29) is 12.4 Å². The van der Waals surface area contributed by atoms with Crippen LogP contribution in [0.3, 0.4) is 0 Å². The van der Waals surface area contributed by atoms with Gasteiger partial charge < -0.3 is 19.5 Å². The van der Waals surface area contributed by atoms with Crippen molar-refractivity contribution >= 4 is 11.6 Å². The molecular weight excluding hydrogens is 357 g/mol. The number of methoxy groups -OCH3 is 1. The molecule has 0 bridgehead atoms. The van der Waals surface area contributed by atoms with E-state index in [2.05, 4.69) is 5.32 Å². The Balaban J connectivity index is 1.59. The van der Waals surface area contributed by atoms with E-state index in [9.17, 15) is 4.39 Å². The van der Waals surface area contributed by atoms with Gasteiger partial charge in [-0.15, -0.1) is 0 Å². The number of hydrogen-bond donors (Lipinski definition) is 1. The van der Waals surface area contributed by atoms with Gasteiger partial charge in [-0.2, -0.15) is 0 Å². The molecule has 2 aromatic rings. The summed E-state index contributed by atoms with van der Waals surface area (Å²) in [5.41, 5.74) is 1.41. The average Bonchev–Trinajstić information content (AvgIpc) is 3.15. The first-order valence-electron chi connectivity index (χ1n) is 8.72. The summed E-state index contributed by atoms with van der Waals surface area (Å²) in [7, 11) is 1.59. The van der Waals surface area contributed by atoms with Gasteiger partial charge in [0.05, 0.1) is 18.2 Å². The van der Waals surface area contributed by atoms with E-state index in [1.165, 1.54) is 6.07 Å². The van der Waals surface area contributed by atoms with Crippen molar-refractivity contribution in [3.05, 3.63) is 58.4 Å². The first kappa shape index (κ1) is 19.0. The number of nitrogens with one attached hydrogen (secondary N) is 1. The molecular formula is C20H23ClFNO3. The van der Waals surface area contributed by atoms with Crippen LogP contribution in [-0.4, -0.2) is 26.4 Å². The van der Waals surface area contributed by atoms with Crippen LogP contribution in [0.5, 0.6) is 11.5 Å². The molecule has 1 N–H and O–H groups in total. The van der Waals surface area contributed by atoms with Gasteiger partial charge in [0.15, 0.2) is 11.5 Å². The SMILES string of the molecule is COc1cc(CNC[C@H]2CCCO2)ccc1OCc1c(F)cccc1Cl. The normalized spacial score (nSPS) is 16.7. The van der Waals surface area contributed by atoms with Crippen LogP contribution >= 0.6 is 11.6 Å². The number of ether oxygens (including phenoxy) is 3. The number of hydrogen-bond acceptors (Lipinski definition) is 4. The van der Waals surface area contributed by atoms with Gasteiger partial charge in [0.2, 0.25) is 0 Å². The molecule has 140 valence electrons. The van der Waals surface area contributed by atoms with Crippen LogP contribution in [0.2, 0.25) is 5.02 Å². The van der Waals surface area contributed by atoms with Gasteiger partial charge in [-0.3, -0.25) is 0 Å². The second kappa shape index (κ2) is 9.21. The third-order valence-corrected chi connectivity index (χ3v) is 4.74. The third-order valence-electron chi connectivity index (χ3n) is 4.39. The van der Waals surface area contributed by atoms with Crippen molar-refractivity contribution in [1.29, 1.82) is 0 Å². The molecule has 0 radical (unpaired) electrons. The maximum atomic E-state index is 13.9. The lowest BCUT2D eigenvalue weighted by Gasteiger charge is -2.14. The molecule has 0 amide bonds. The maximum absolute atomic E-state index is 13.9. The summed E-state index contributed by atoms with van der Waals surface area (Å²) in [6.45, 7) is 2.46. The predicted octanol–water partition coefficient (Wildman–Crippen LogP) is 4.34. The van der Waals surface area contributed by atoms with Gasteiger partial charge in [0.25, 0.3) is 0 Å². The smallest absolute Gasteiger partial charge is 0.161 e. The van der Waals surface area contributed by atoms with E-state index in [1.807, 2.05) is 18.2 Å². The van der Waals surface area contributed by atoms with Gasteiger partial charge in [-0.1, -0.05) is 23.7 Å². The van der Waals surface area contributed by atoms with Crippen molar-refractivity contribution in [2.45, 2.75) is 32.1 Å². The van der Waals surface area contributed by atoms with Crippen molar-refractivity contribution in [3.63, 3.8) is 0 Å². The molecule has 1 heterocycles. The van der Waals surface area contributed by atoms with Crippen molar-refractivity contribution in [1.82, 2.24) is 5.32 Å². The minimum Gasteiger partial charge on any atom is -0.493 e. The zero-order valence-corrected chi connectivity index (χ0v) is 15.5. The van der Waals surface area contributed by atoms with Crippen LogP contribution in [-0.2, 0) is 17.9 Å². The van der Waals surface area contributed by atoms with Crippen molar-refractivity contribution in [3.8, 4) is 11.5 Å². The predicted molar refractivity (Wildman–Crippen MR) is 99.4 cm³/mol. The Labute approximate surface area is 158 Å². The molecule has 0 unspecified atom stereocenters. The van der Waals surface area contributed by atoms with E-state index in [4.69, 9.17) is 25.8 Å². The standard InChI is InChI=1S/C20H23ClFNO3/c1-24-20-10-14(11-23-12-15-4-3-9-25-15)7-8-19(20)26-13-16-17(21)5-2-6-18(16)22/h2,5-8,10,15,23H,3-4,9,11-13H2,1H3/t15-/m1/s1. The molecule has 0 aromatic heterocycles. The number of benzene rings is 2. The second-order valence-electron chi connectivity index (χ2n) is 6.24. The first-order chi connectivity index (χ1) is 12.7. The van der Waals surface area contributed by atoms with E-state index in [0.29, 0.717) is 28.2 Å². The Morgan fingerprint density at radius 3 is 2.88 bits per heavy atom. The molecule has 0 aliphatic carbocycles. The summed E-state index contributed by atoms with van der Waals surface area (Å²) >= 11 is 6.04. The monoisotopic (exact) mass is 379 g/mol. The summed E-state index contributed by atoms with van der Waals surface area (Å²) in [4.78, 5) is 0. The minimum absolute atomic E-state index is 0.0402. The van der Waals surface area contributed by atoms with Crippen LogP contribution in [0.4, 0.5) is 4.39 Å². The highest BCUT2D eigenvalue weighted by Crippen LogP contribution is 2.30. The molecule has 2 aromatic carbocycles. The number of rotatable bonds is 8. The van der Waals surface area contributed by atoms with Crippen molar-refractivity contribution in [2.75, 3.05) is 20.3 Å². The van der Waals surface area contributed by atoms with Crippen LogP contribution in [0.1, 0.15) is 24.0 Å². The van der Waals surface area contributed by atoms with Gasteiger partial charge in [-0.05, 0) is 42.7 Å². The van der Waals surface area contributed by atoms with Gasteiger partial charge in [0, 0.05) is 25.3 Å². The highest BCUT2D eigenvalue weighted by Gasteiger charge is 2.15. The fraction of sp³-hybridized carbons (Fsp3) is 0.400. The maximum Gasteiger partial charge on any atom is 0.161 e. The topological polar surface area (TPSA) is 39.7 Å². The second-order valence-corrected chi connectivity index (χ2v) is 6.65. The quantitative estimate of drug-likeness (QED) is 0.740. The summed E-state index contributed by atoms with van der Waals surface area (Å²) in [5, 5.41) is 3.74. The lowest BCUT2D eigenvalue weighted by molar-refractivity contribution is 0.110. The molecule has 1 atom stereocenters. The fourth-order valence-corrected chi connectivity index (χ4v) is 3.16. The van der Waals surface area contributed by atoms with Crippen LogP contribution in [0, 0.1) is 5.82 Å². The molecule has 1 aliphatic rings. The summed E-state index contributed by atoms with van der Waals surface area (Å²) in [6, 6.07) is 10.3. The lowest BCUT2D eigenvalue weighted by Crippen LogP contribution is -2.25. The van der Waals surface area contributed by atoms with Crippen LogP contribution < -0.4 is 14.8 Å². The molecule has 1 aliphatic heterocycles. The molecule has 26 heavy (non-hydrogen) atoms. The Kier molecular flexibility index (Phi) is 6.72. The Hall–Kier alpha value is -1.82. The Morgan fingerprint density at radius 1 is 1.27 bits per heavy atom. The highest BCUT2D eigenvalue weighted by molar-refractivity contribution is 6.31. The first-order valence-corrected chi connectivity index (χ1v) is 9.10. The van der Waals surface area contributed by atoms with Crippen LogP contribution in [0.15, 0.2) is 36.4 Å². The van der Waals surface area contributed by atoms with Crippen molar-refractivity contribution in [2.24, 2.45) is 0 Å². The van der Waals surface area contributed by atoms with E-state index < -0.39 is 0 Å². The number of halogens is 2. The molecule has 4 nitrogen and oxygen atoms in total. The van der Waals surface area contributed by atoms with Crippen LogP contribution in [0.25, 0.3) is 0 Å². The molecule has 0 saturated carbocycles. The summed E-state index contributed by atoms with van der Waals surface area (Å²) in [5.74, 6) is 0.773. The van der Waals surface area contributed by atoms with E-state index in [0.717, 1.165) is 38.1 Å². The largest absolute Gasteiger partial charge is 0.493 e. The zero-order valence-electron chi connectivity index (χ0n) is 14.8. The lowest BCUT2D eigenvalue weighted by atomic mass is 10.2.